The van der Waals surface area contributed by atoms with Crippen molar-refractivity contribution in [2.45, 2.75) is 33.1 Å². The fourth-order valence-corrected chi connectivity index (χ4v) is 4.42. The van der Waals surface area contributed by atoms with E-state index in [1.807, 2.05) is 43.5 Å². The number of hydrogen-bond donors (Lipinski definition) is 4. The minimum absolute atomic E-state index is 0.00148. The molecule has 0 aromatic carbocycles. The van der Waals surface area contributed by atoms with Crippen molar-refractivity contribution in [3.05, 3.63) is 91.6 Å². The van der Waals surface area contributed by atoms with Crippen LogP contribution in [0, 0.1) is 0 Å². The van der Waals surface area contributed by atoms with Gasteiger partial charge in [0.25, 0.3) is 0 Å². The van der Waals surface area contributed by atoms with E-state index in [9.17, 15) is 4.79 Å². The second kappa shape index (κ2) is 11.6. The van der Waals surface area contributed by atoms with Gasteiger partial charge < -0.3 is 15.6 Å². The highest BCUT2D eigenvalue weighted by Crippen LogP contribution is 2.33. The fourth-order valence-electron chi connectivity index (χ4n) is 4.42. The van der Waals surface area contributed by atoms with E-state index in [2.05, 4.69) is 55.4 Å². The average Bonchev–Trinajstić information content (AvgIpc) is 3.58. The van der Waals surface area contributed by atoms with Crippen LogP contribution in [0.15, 0.2) is 85.9 Å². The van der Waals surface area contributed by atoms with Gasteiger partial charge in [-0.25, -0.2) is 4.98 Å². The number of amides is 1. The van der Waals surface area contributed by atoms with Crippen LogP contribution >= 0.6 is 0 Å². The van der Waals surface area contributed by atoms with Crippen molar-refractivity contribution in [2.75, 3.05) is 0 Å². The maximum atomic E-state index is 12.2. The molecule has 0 saturated heterocycles. The summed E-state index contributed by atoms with van der Waals surface area (Å²) in [5, 5.41) is 14.7. The molecular weight excluding hydrogens is 488 g/mol. The molecule has 0 spiro atoms. The minimum Gasteiger partial charge on any atom is -0.368 e. The van der Waals surface area contributed by atoms with Crippen LogP contribution in [0.5, 0.6) is 0 Å². The summed E-state index contributed by atoms with van der Waals surface area (Å²) in [5.74, 6) is 0.00148. The number of nitrogens with one attached hydrogen (secondary N) is 4. The third-order valence-corrected chi connectivity index (χ3v) is 6.32. The van der Waals surface area contributed by atoms with Crippen molar-refractivity contribution in [3.63, 3.8) is 0 Å². The van der Waals surface area contributed by atoms with E-state index in [4.69, 9.17) is 4.98 Å². The summed E-state index contributed by atoms with van der Waals surface area (Å²) in [4.78, 5) is 29.2. The predicted octanol–water partition coefficient (Wildman–Crippen LogP) is 5.85. The highest BCUT2D eigenvalue weighted by Gasteiger charge is 2.16. The molecule has 1 amide bonds. The van der Waals surface area contributed by atoms with Crippen LogP contribution in [0.1, 0.15) is 38.8 Å². The number of nitrogens with zero attached hydrogens (tertiary/aromatic N) is 4. The summed E-state index contributed by atoms with van der Waals surface area (Å²) in [6.45, 7) is 7.67. The van der Waals surface area contributed by atoms with Gasteiger partial charge in [-0.05, 0) is 61.5 Å². The van der Waals surface area contributed by atoms with Crippen LogP contribution < -0.4 is 10.6 Å². The lowest BCUT2D eigenvalue weighted by molar-refractivity contribution is -0.120. The van der Waals surface area contributed by atoms with Crippen molar-refractivity contribution in [2.24, 2.45) is 0 Å². The van der Waals surface area contributed by atoms with Crippen molar-refractivity contribution >= 4 is 33.4 Å². The number of unbranched alkanes of at least 4 members (excludes halogenated alkanes) is 1. The van der Waals surface area contributed by atoms with Crippen molar-refractivity contribution in [3.8, 4) is 22.5 Å². The smallest absolute Gasteiger partial charge is 0.224 e. The molecule has 5 aromatic rings. The van der Waals surface area contributed by atoms with E-state index in [0.29, 0.717) is 12.1 Å². The summed E-state index contributed by atoms with van der Waals surface area (Å²) in [6, 6.07) is 9.87. The van der Waals surface area contributed by atoms with Gasteiger partial charge in [0.1, 0.15) is 11.2 Å². The van der Waals surface area contributed by atoms with Gasteiger partial charge in [0, 0.05) is 53.4 Å². The van der Waals surface area contributed by atoms with E-state index in [0.717, 1.165) is 68.6 Å². The Balaban J connectivity index is 1.53. The highest BCUT2D eigenvalue weighted by molar-refractivity contribution is 6.00. The number of fused-ring (bicyclic) bond motifs is 2. The molecule has 0 aliphatic rings. The molecule has 0 saturated carbocycles. The third kappa shape index (κ3) is 5.62. The van der Waals surface area contributed by atoms with Gasteiger partial charge in [-0.2, -0.15) is 5.10 Å². The summed E-state index contributed by atoms with van der Waals surface area (Å²) in [5.41, 5.74) is 8.25. The number of aromatic amines is 2. The first-order valence-corrected chi connectivity index (χ1v) is 12.9. The molecule has 0 bridgehead atoms. The van der Waals surface area contributed by atoms with Gasteiger partial charge in [-0.15, -0.1) is 0 Å². The lowest BCUT2D eigenvalue weighted by atomic mass is 10.1. The monoisotopic (exact) mass is 518 g/mol. The van der Waals surface area contributed by atoms with E-state index >= 15 is 0 Å². The zero-order chi connectivity index (χ0) is 27.2. The average molecular weight is 519 g/mol. The third-order valence-electron chi connectivity index (χ3n) is 6.32. The molecule has 0 radical (unpaired) electrons. The second-order valence-corrected chi connectivity index (χ2v) is 9.18. The quantitative estimate of drug-likeness (QED) is 0.172. The van der Waals surface area contributed by atoms with Crippen LogP contribution in [0.2, 0.25) is 0 Å². The first kappa shape index (κ1) is 25.6. The number of allylic oxidation sites excluding steroid dienone is 3. The van der Waals surface area contributed by atoms with Crippen molar-refractivity contribution in [1.82, 2.24) is 40.8 Å². The first-order chi connectivity index (χ1) is 19.1. The zero-order valence-corrected chi connectivity index (χ0v) is 22.0. The molecule has 196 valence electrons. The summed E-state index contributed by atoms with van der Waals surface area (Å²) < 4.78 is 0. The maximum Gasteiger partial charge on any atom is 0.224 e. The van der Waals surface area contributed by atoms with Crippen molar-refractivity contribution < 1.29 is 4.79 Å². The normalized spacial score (nSPS) is 12.2. The van der Waals surface area contributed by atoms with Crippen molar-refractivity contribution in [1.29, 1.82) is 0 Å². The summed E-state index contributed by atoms with van der Waals surface area (Å²) in [6.07, 6.45) is 14.8. The van der Waals surface area contributed by atoms with Crippen LogP contribution in [0.3, 0.4) is 0 Å². The molecule has 0 aliphatic carbocycles. The Morgan fingerprint density at radius 3 is 2.74 bits per heavy atom. The molecule has 0 fully saturated rings. The Hall–Kier alpha value is -5.05. The Bertz CT molecular complexity index is 1690. The number of carbonyl (C=O) groups is 1. The van der Waals surface area contributed by atoms with Gasteiger partial charge in [-0.3, -0.25) is 19.9 Å². The van der Waals surface area contributed by atoms with E-state index in [1.54, 1.807) is 31.0 Å². The minimum atomic E-state index is 0.00148. The Morgan fingerprint density at radius 1 is 1.10 bits per heavy atom. The molecule has 0 aliphatic heterocycles. The largest absolute Gasteiger partial charge is 0.368 e. The van der Waals surface area contributed by atoms with Crippen LogP contribution in [-0.4, -0.2) is 36.0 Å². The molecule has 0 unspecified atom stereocenters. The molecule has 5 aromatic heterocycles. The van der Waals surface area contributed by atoms with Gasteiger partial charge in [0.15, 0.2) is 0 Å². The standard InChI is InChI=1S/C30H30N8O/c1-4-6-7-28(39)34-19(3)14-21(16-31-5-2)24-8-9-25-29(36-24)30(38-37-25)26-15-22-23(17-33-18-27(22)35-26)20-10-12-32-13-11-20/h5,8-18,31,35H,2,4,6-7H2,1,3H3,(H,34,39)(H,37,38)/b19-14+,21-16+. The highest BCUT2D eigenvalue weighted by atomic mass is 16.1. The number of hydrogen-bond acceptors (Lipinski definition) is 6. The topological polar surface area (TPSA) is 124 Å². The molecule has 9 heteroatoms. The molecule has 4 N–H and O–H groups in total. The summed E-state index contributed by atoms with van der Waals surface area (Å²) in [7, 11) is 0. The number of pyridine rings is 3. The predicted molar refractivity (Wildman–Crippen MR) is 155 cm³/mol. The molecule has 5 rings (SSSR count). The van der Waals surface area contributed by atoms with Gasteiger partial charge in [0.05, 0.1) is 28.6 Å². The maximum absolute atomic E-state index is 12.2. The first-order valence-electron chi connectivity index (χ1n) is 12.9. The number of rotatable bonds is 10. The lowest BCUT2D eigenvalue weighted by Crippen LogP contribution is -2.20. The Labute approximate surface area is 226 Å². The van der Waals surface area contributed by atoms with Gasteiger partial charge in [-0.1, -0.05) is 19.9 Å². The molecule has 39 heavy (non-hydrogen) atoms. The SMILES string of the molecule is C=CN/C=C(\C=C(/C)NC(=O)CCCC)c1ccc2[nH]nc(-c3cc4c(-c5ccncc5)cncc4[nH]3)c2n1. The molecule has 0 atom stereocenters. The van der Waals surface area contributed by atoms with E-state index in [1.165, 1.54) is 0 Å². The Kier molecular flexibility index (Phi) is 7.58. The molecule has 5 heterocycles. The zero-order valence-electron chi connectivity index (χ0n) is 22.0. The van der Waals surface area contributed by atoms with Crippen LogP contribution in [0.4, 0.5) is 0 Å². The van der Waals surface area contributed by atoms with Crippen LogP contribution in [0.25, 0.3) is 50.0 Å². The summed E-state index contributed by atoms with van der Waals surface area (Å²) >= 11 is 0. The number of carbonyl (C=O) groups excluding carboxylic acids is 1. The Morgan fingerprint density at radius 2 is 1.95 bits per heavy atom. The molecular formula is C30H30N8O. The lowest BCUT2D eigenvalue weighted by Gasteiger charge is -2.08. The fraction of sp³-hybridized carbons (Fsp3) is 0.167. The van der Waals surface area contributed by atoms with Crippen LogP contribution in [-0.2, 0) is 4.79 Å². The number of H-pyrrole nitrogens is 2. The number of aromatic nitrogens is 6. The van der Waals surface area contributed by atoms with Gasteiger partial charge >= 0.3 is 0 Å². The van der Waals surface area contributed by atoms with E-state index < -0.39 is 0 Å². The van der Waals surface area contributed by atoms with E-state index in [-0.39, 0.29) is 5.91 Å². The molecule has 9 nitrogen and oxygen atoms in total. The van der Waals surface area contributed by atoms with Gasteiger partial charge in [0.2, 0.25) is 5.91 Å². The second-order valence-electron chi connectivity index (χ2n) is 9.18.